The van der Waals surface area contributed by atoms with E-state index in [0.29, 0.717) is 10.8 Å². The summed E-state index contributed by atoms with van der Waals surface area (Å²) < 4.78 is 27.5. The number of nitrogens with one attached hydrogen (secondary N) is 2. The van der Waals surface area contributed by atoms with Crippen molar-refractivity contribution in [3.05, 3.63) is 84.0 Å². The summed E-state index contributed by atoms with van der Waals surface area (Å²) in [5.41, 5.74) is 4.59. The number of fused-ring (bicyclic) bond motifs is 3. The molecule has 140 valence electrons. The van der Waals surface area contributed by atoms with Crippen LogP contribution in [-0.4, -0.2) is 15.0 Å². The number of sulfonamides is 1. The summed E-state index contributed by atoms with van der Waals surface area (Å²) in [5, 5.41) is 3.66. The number of hydrogen-bond acceptors (Lipinski definition) is 3. The van der Waals surface area contributed by atoms with Gasteiger partial charge in [-0.2, -0.15) is 0 Å². The SMILES string of the molecule is C=CCNS(=O)(=O)c1ccc2c(c1)C1C=CCC1C(c1cccc(C)c1)N2. The molecule has 1 aliphatic carbocycles. The summed E-state index contributed by atoms with van der Waals surface area (Å²) in [6.07, 6.45) is 6.97. The van der Waals surface area contributed by atoms with Gasteiger partial charge in [-0.3, -0.25) is 0 Å². The second-order valence-electron chi connectivity index (χ2n) is 7.28. The Bertz CT molecular complexity index is 1010. The third-order valence-electron chi connectivity index (χ3n) is 5.46. The van der Waals surface area contributed by atoms with Gasteiger partial charge >= 0.3 is 0 Å². The number of anilines is 1. The van der Waals surface area contributed by atoms with Crippen molar-refractivity contribution in [2.45, 2.75) is 30.2 Å². The molecule has 0 bridgehead atoms. The molecule has 4 rings (SSSR count). The smallest absolute Gasteiger partial charge is 0.240 e. The van der Waals surface area contributed by atoms with E-state index >= 15 is 0 Å². The Morgan fingerprint density at radius 1 is 1.26 bits per heavy atom. The van der Waals surface area contributed by atoms with Crippen molar-refractivity contribution in [3.8, 4) is 0 Å². The molecule has 0 fully saturated rings. The quantitative estimate of drug-likeness (QED) is 0.761. The zero-order chi connectivity index (χ0) is 19.0. The van der Waals surface area contributed by atoms with E-state index in [4.69, 9.17) is 0 Å². The average molecular weight is 381 g/mol. The highest BCUT2D eigenvalue weighted by molar-refractivity contribution is 7.89. The Labute approximate surface area is 161 Å². The van der Waals surface area contributed by atoms with Crippen LogP contribution in [0.3, 0.4) is 0 Å². The second-order valence-corrected chi connectivity index (χ2v) is 9.05. The van der Waals surface area contributed by atoms with E-state index in [1.54, 1.807) is 12.1 Å². The van der Waals surface area contributed by atoms with Crippen molar-refractivity contribution in [3.63, 3.8) is 0 Å². The van der Waals surface area contributed by atoms with Gasteiger partial charge in [-0.15, -0.1) is 6.58 Å². The Balaban J connectivity index is 1.73. The summed E-state index contributed by atoms with van der Waals surface area (Å²) in [6, 6.07) is 14.2. The van der Waals surface area contributed by atoms with E-state index in [0.717, 1.165) is 17.7 Å². The Morgan fingerprint density at radius 3 is 2.89 bits per heavy atom. The minimum absolute atomic E-state index is 0.221. The van der Waals surface area contributed by atoms with Gasteiger partial charge in [0.05, 0.1) is 10.9 Å². The highest BCUT2D eigenvalue weighted by Crippen LogP contribution is 2.50. The monoisotopic (exact) mass is 380 g/mol. The van der Waals surface area contributed by atoms with Crippen LogP contribution in [0.5, 0.6) is 0 Å². The maximum atomic E-state index is 12.5. The topological polar surface area (TPSA) is 58.2 Å². The first-order chi connectivity index (χ1) is 13.0. The molecule has 2 aromatic carbocycles. The van der Waals surface area contributed by atoms with Crippen LogP contribution in [0.25, 0.3) is 0 Å². The number of allylic oxidation sites excluding steroid dienone is 2. The summed E-state index contributed by atoms with van der Waals surface area (Å²) in [4.78, 5) is 0.304. The largest absolute Gasteiger partial charge is 0.378 e. The number of benzene rings is 2. The molecule has 0 amide bonds. The van der Waals surface area contributed by atoms with E-state index in [1.165, 1.54) is 11.1 Å². The number of aryl methyl sites for hydroxylation is 1. The van der Waals surface area contributed by atoms with Gasteiger partial charge in [0, 0.05) is 18.2 Å². The predicted molar refractivity (Wildman–Crippen MR) is 109 cm³/mol. The van der Waals surface area contributed by atoms with Gasteiger partial charge in [-0.1, -0.05) is 48.1 Å². The molecule has 27 heavy (non-hydrogen) atoms. The Hall–Kier alpha value is -2.37. The third-order valence-corrected chi connectivity index (χ3v) is 6.88. The lowest BCUT2D eigenvalue weighted by Crippen LogP contribution is -2.30. The van der Waals surface area contributed by atoms with Crippen LogP contribution in [0, 0.1) is 12.8 Å². The lowest BCUT2D eigenvalue weighted by Gasteiger charge is -2.37. The van der Waals surface area contributed by atoms with Crippen molar-refractivity contribution >= 4 is 15.7 Å². The van der Waals surface area contributed by atoms with Gasteiger partial charge in [-0.05, 0) is 48.6 Å². The average Bonchev–Trinajstić information content (AvgIpc) is 3.15. The highest BCUT2D eigenvalue weighted by atomic mass is 32.2. The molecule has 3 unspecified atom stereocenters. The van der Waals surface area contributed by atoms with Gasteiger partial charge in [0.2, 0.25) is 10.0 Å². The van der Waals surface area contributed by atoms with Crippen LogP contribution in [0.1, 0.15) is 35.1 Å². The van der Waals surface area contributed by atoms with Crippen molar-refractivity contribution in [2.24, 2.45) is 5.92 Å². The van der Waals surface area contributed by atoms with Gasteiger partial charge < -0.3 is 5.32 Å². The fourth-order valence-electron chi connectivity index (χ4n) is 4.19. The molecule has 0 saturated carbocycles. The van der Waals surface area contributed by atoms with Crippen LogP contribution in [0.4, 0.5) is 5.69 Å². The van der Waals surface area contributed by atoms with Crippen molar-refractivity contribution in [2.75, 3.05) is 11.9 Å². The molecule has 4 nitrogen and oxygen atoms in total. The van der Waals surface area contributed by atoms with E-state index < -0.39 is 10.0 Å². The minimum atomic E-state index is -3.53. The first-order valence-electron chi connectivity index (χ1n) is 9.24. The number of hydrogen-bond donors (Lipinski definition) is 2. The molecular formula is C22H24N2O2S. The molecule has 2 aliphatic rings. The fourth-order valence-corrected chi connectivity index (χ4v) is 5.22. The molecule has 0 radical (unpaired) electrons. The molecule has 2 N–H and O–H groups in total. The second kappa shape index (κ2) is 6.98. The van der Waals surface area contributed by atoms with E-state index in [1.807, 2.05) is 12.1 Å². The van der Waals surface area contributed by atoms with E-state index in [2.05, 4.69) is 60.0 Å². The lowest BCUT2D eigenvalue weighted by atomic mass is 9.77. The predicted octanol–water partition coefficient (Wildman–Crippen LogP) is 4.29. The zero-order valence-corrected chi connectivity index (χ0v) is 16.2. The lowest BCUT2D eigenvalue weighted by molar-refractivity contribution is 0.425. The molecule has 3 atom stereocenters. The molecule has 1 aliphatic heterocycles. The molecule has 2 aromatic rings. The fraction of sp³-hybridized carbons (Fsp3) is 0.273. The molecule has 0 spiro atoms. The summed E-state index contributed by atoms with van der Waals surface area (Å²) in [7, 11) is -3.53. The van der Waals surface area contributed by atoms with Crippen molar-refractivity contribution in [1.82, 2.24) is 4.72 Å². The molecule has 0 saturated heterocycles. The van der Waals surface area contributed by atoms with Crippen molar-refractivity contribution in [1.29, 1.82) is 0 Å². The van der Waals surface area contributed by atoms with Crippen LogP contribution in [0.15, 0.2) is 72.2 Å². The summed E-state index contributed by atoms with van der Waals surface area (Å²) >= 11 is 0. The normalized spacial score (nSPS) is 23.4. The summed E-state index contributed by atoms with van der Waals surface area (Å²) in [5.74, 6) is 0.611. The van der Waals surface area contributed by atoms with Crippen molar-refractivity contribution < 1.29 is 8.42 Å². The standard InChI is InChI=1S/C22H24N2O2S/c1-3-12-23-27(25,26)17-10-11-21-20(14-17)18-8-5-9-19(18)22(24-21)16-7-4-6-15(2)13-16/h3-8,10-11,13-14,18-19,22-24H,1,9,12H2,2H3. The molecule has 5 heteroatoms. The van der Waals surface area contributed by atoms with Crippen LogP contribution in [0.2, 0.25) is 0 Å². The van der Waals surface area contributed by atoms with Crippen LogP contribution >= 0.6 is 0 Å². The zero-order valence-electron chi connectivity index (χ0n) is 15.4. The molecule has 1 heterocycles. The maximum absolute atomic E-state index is 12.5. The first kappa shape index (κ1) is 18.0. The minimum Gasteiger partial charge on any atom is -0.378 e. The Morgan fingerprint density at radius 2 is 2.11 bits per heavy atom. The van der Waals surface area contributed by atoms with Gasteiger partial charge in [0.1, 0.15) is 0 Å². The van der Waals surface area contributed by atoms with Crippen LogP contribution in [-0.2, 0) is 10.0 Å². The Kier molecular flexibility index (Phi) is 4.66. The number of rotatable bonds is 5. The first-order valence-corrected chi connectivity index (χ1v) is 10.7. The van der Waals surface area contributed by atoms with Gasteiger partial charge in [-0.25, -0.2) is 13.1 Å². The van der Waals surface area contributed by atoms with E-state index in [-0.39, 0.29) is 18.5 Å². The van der Waals surface area contributed by atoms with E-state index in [9.17, 15) is 8.42 Å². The molecule has 0 aromatic heterocycles. The van der Waals surface area contributed by atoms with Gasteiger partial charge in [0.25, 0.3) is 0 Å². The maximum Gasteiger partial charge on any atom is 0.240 e. The summed E-state index contributed by atoms with van der Waals surface area (Å²) in [6.45, 7) is 5.90. The molecular weight excluding hydrogens is 356 g/mol. The van der Waals surface area contributed by atoms with Gasteiger partial charge in [0.15, 0.2) is 0 Å². The third kappa shape index (κ3) is 3.33. The highest BCUT2D eigenvalue weighted by Gasteiger charge is 2.38. The van der Waals surface area contributed by atoms with Crippen LogP contribution < -0.4 is 10.0 Å².